The summed E-state index contributed by atoms with van der Waals surface area (Å²) < 4.78 is 11.6. The summed E-state index contributed by atoms with van der Waals surface area (Å²) in [7, 11) is 0. The van der Waals surface area contributed by atoms with Crippen LogP contribution in [0, 0.1) is 0 Å². The van der Waals surface area contributed by atoms with Gasteiger partial charge in [-0.25, -0.2) is 0 Å². The monoisotopic (exact) mass is 314 g/mol. The lowest BCUT2D eigenvalue weighted by molar-refractivity contribution is 0.0940. The number of ether oxygens (including phenoxy) is 2. The van der Waals surface area contributed by atoms with Crippen molar-refractivity contribution in [2.75, 3.05) is 19.8 Å². The molecule has 2 rings (SSSR count). The molecule has 98 valence electrons. The van der Waals surface area contributed by atoms with E-state index in [1.165, 1.54) is 0 Å². The molecule has 1 aromatic carbocycles. The van der Waals surface area contributed by atoms with E-state index in [1.54, 1.807) is 12.1 Å². The van der Waals surface area contributed by atoms with Gasteiger partial charge in [0, 0.05) is 18.2 Å². The van der Waals surface area contributed by atoms with Crippen molar-refractivity contribution in [1.29, 1.82) is 0 Å². The van der Waals surface area contributed by atoms with E-state index < -0.39 is 0 Å². The zero-order chi connectivity index (χ0) is 13.1. The second-order valence-electron chi connectivity index (χ2n) is 4.09. The average Bonchev–Trinajstić information content (AvgIpc) is 2.38. The van der Waals surface area contributed by atoms with E-state index >= 15 is 0 Å². The molecule has 1 amide bonds. The number of amides is 1. The molecule has 18 heavy (non-hydrogen) atoms. The molecule has 1 heterocycles. The largest absolute Gasteiger partial charge is 0.486 e. The van der Waals surface area contributed by atoms with Crippen LogP contribution in [0.4, 0.5) is 0 Å². The zero-order valence-electron chi connectivity index (χ0n) is 10.0. The first kappa shape index (κ1) is 13.2. The van der Waals surface area contributed by atoms with Crippen LogP contribution in [0.5, 0.6) is 11.5 Å². The number of hydrogen-bond donors (Lipinski definition) is 2. The maximum Gasteiger partial charge on any atom is 0.251 e. The van der Waals surface area contributed by atoms with Crippen LogP contribution in [0.3, 0.4) is 0 Å². The van der Waals surface area contributed by atoms with Gasteiger partial charge in [0.2, 0.25) is 0 Å². The van der Waals surface area contributed by atoms with E-state index in [-0.39, 0.29) is 11.9 Å². The molecule has 0 radical (unpaired) electrons. The highest BCUT2D eigenvalue weighted by Crippen LogP contribution is 2.38. The van der Waals surface area contributed by atoms with Gasteiger partial charge in [-0.1, -0.05) is 0 Å². The Balaban J connectivity index is 2.24. The summed E-state index contributed by atoms with van der Waals surface area (Å²) in [4.78, 5) is 12.0. The number of nitrogens with two attached hydrogens (primary N) is 1. The van der Waals surface area contributed by atoms with E-state index in [0.717, 1.165) is 0 Å². The molecule has 6 heteroatoms. The van der Waals surface area contributed by atoms with Gasteiger partial charge in [-0.15, -0.1) is 0 Å². The molecule has 5 nitrogen and oxygen atoms in total. The van der Waals surface area contributed by atoms with Gasteiger partial charge < -0.3 is 20.5 Å². The summed E-state index contributed by atoms with van der Waals surface area (Å²) in [6.45, 7) is 3.26. The lowest BCUT2D eigenvalue weighted by atomic mass is 10.1. The molecule has 0 bridgehead atoms. The van der Waals surface area contributed by atoms with Gasteiger partial charge >= 0.3 is 0 Å². The highest BCUT2D eigenvalue weighted by Gasteiger charge is 2.19. The van der Waals surface area contributed by atoms with Crippen molar-refractivity contribution >= 4 is 21.8 Å². The summed E-state index contributed by atoms with van der Waals surface area (Å²) in [5.41, 5.74) is 5.99. The van der Waals surface area contributed by atoms with Crippen molar-refractivity contribution in [3.05, 3.63) is 22.2 Å². The Bertz CT molecular complexity index is 465. The molecule has 1 aliphatic heterocycles. The summed E-state index contributed by atoms with van der Waals surface area (Å²) in [5.74, 6) is 1.05. The summed E-state index contributed by atoms with van der Waals surface area (Å²) in [5, 5.41) is 2.80. The van der Waals surface area contributed by atoms with Gasteiger partial charge in [-0.05, 0) is 35.0 Å². The Hall–Kier alpha value is -1.27. The number of halogens is 1. The van der Waals surface area contributed by atoms with Crippen LogP contribution in [-0.2, 0) is 0 Å². The first-order chi connectivity index (χ1) is 8.61. The highest BCUT2D eigenvalue weighted by atomic mass is 79.9. The SMILES string of the molecule is C[C@@H](CN)NC(=O)c1cc(Br)c2c(c1)OCCO2. The molecule has 0 aromatic heterocycles. The fourth-order valence-electron chi connectivity index (χ4n) is 1.61. The van der Waals surface area contributed by atoms with Gasteiger partial charge in [0.25, 0.3) is 5.91 Å². The molecule has 1 aromatic rings. The van der Waals surface area contributed by atoms with Gasteiger partial charge in [0.15, 0.2) is 11.5 Å². The van der Waals surface area contributed by atoms with Crippen molar-refractivity contribution in [3.8, 4) is 11.5 Å². The standard InChI is InChI=1S/C12H15BrN2O3/c1-7(6-14)15-12(16)8-4-9(13)11-10(5-8)17-2-3-18-11/h4-5,7H,2-3,6,14H2,1H3,(H,15,16)/t7-/m0/s1. The Morgan fingerprint density at radius 3 is 2.94 bits per heavy atom. The van der Waals surface area contributed by atoms with E-state index in [4.69, 9.17) is 15.2 Å². The molecule has 3 N–H and O–H groups in total. The van der Waals surface area contributed by atoms with E-state index in [0.29, 0.717) is 41.3 Å². The number of carbonyl (C=O) groups is 1. The fourth-order valence-corrected chi connectivity index (χ4v) is 2.16. The fraction of sp³-hybridized carbons (Fsp3) is 0.417. The summed E-state index contributed by atoms with van der Waals surface area (Å²) in [6, 6.07) is 3.33. The Morgan fingerprint density at radius 1 is 1.50 bits per heavy atom. The quantitative estimate of drug-likeness (QED) is 0.882. The maximum atomic E-state index is 12.0. The molecule has 0 saturated carbocycles. The van der Waals surface area contributed by atoms with Crippen molar-refractivity contribution in [3.63, 3.8) is 0 Å². The molecule has 0 spiro atoms. The Kier molecular flexibility index (Phi) is 4.08. The molecule has 1 aliphatic rings. The minimum absolute atomic E-state index is 0.0653. The predicted octanol–water partition coefficient (Wildman–Crippen LogP) is 1.30. The van der Waals surface area contributed by atoms with Crippen LogP contribution in [0.25, 0.3) is 0 Å². The van der Waals surface area contributed by atoms with Crippen LogP contribution in [0.1, 0.15) is 17.3 Å². The third-order valence-corrected chi connectivity index (χ3v) is 3.18. The molecule has 0 aliphatic carbocycles. The second kappa shape index (κ2) is 5.58. The number of hydrogen-bond acceptors (Lipinski definition) is 4. The third-order valence-electron chi connectivity index (χ3n) is 2.59. The minimum atomic E-state index is -0.175. The van der Waals surface area contributed by atoms with Gasteiger partial charge in [0.1, 0.15) is 13.2 Å². The smallest absolute Gasteiger partial charge is 0.251 e. The lowest BCUT2D eigenvalue weighted by Crippen LogP contribution is -2.37. The number of fused-ring (bicyclic) bond motifs is 1. The first-order valence-corrected chi connectivity index (χ1v) is 6.51. The number of nitrogens with one attached hydrogen (secondary N) is 1. The Morgan fingerprint density at radius 2 is 2.22 bits per heavy atom. The van der Waals surface area contributed by atoms with Gasteiger partial charge in [0.05, 0.1) is 4.47 Å². The van der Waals surface area contributed by atoms with E-state index in [1.807, 2.05) is 6.92 Å². The first-order valence-electron chi connectivity index (χ1n) is 5.72. The number of benzene rings is 1. The number of rotatable bonds is 3. The molecular formula is C12H15BrN2O3. The number of carbonyl (C=O) groups excluding carboxylic acids is 1. The second-order valence-corrected chi connectivity index (χ2v) is 4.95. The topological polar surface area (TPSA) is 73.6 Å². The lowest BCUT2D eigenvalue weighted by Gasteiger charge is -2.20. The molecule has 1 atom stereocenters. The van der Waals surface area contributed by atoms with Crippen LogP contribution < -0.4 is 20.5 Å². The predicted molar refractivity (Wildman–Crippen MR) is 71.1 cm³/mol. The summed E-state index contributed by atoms with van der Waals surface area (Å²) in [6.07, 6.45) is 0. The Labute approximate surface area is 114 Å². The van der Waals surface area contributed by atoms with Crippen LogP contribution in [0.15, 0.2) is 16.6 Å². The van der Waals surface area contributed by atoms with Crippen LogP contribution >= 0.6 is 15.9 Å². The van der Waals surface area contributed by atoms with Crippen molar-refractivity contribution in [1.82, 2.24) is 5.32 Å². The molecule has 0 saturated heterocycles. The van der Waals surface area contributed by atoms with E-state index in [2.05, 4.69) is 21.2 Å². The highest BCUT2D eigenvalue weighted by molar-refractivity contribution is 9.10. The summed E-state index contributed by atoms with van der Waals surface area (Å²) >= 11 is 3.37. The van der Waals surface area contributed by atoms with Crippen LogP contribution in [0.2, 0.25) is 0 Å². The van der Waals surface area contributed by atoms with Gasteiger partial charge in [-0.2, -0.15) is 0 Å². The average molecular weight is 315 g/mol. The zero-order valence-corrected chi connectivity index (χ0v) is 11.6. The maximum absolute atomic E-state index is 12.0. The van der Waals surface area contributed by atoms with Crippen molar-refractivity contribution in [2.45, 2.75) is 13.0 Å². The third kappa shape index (κ3) is 2.76. The van der Waals surface area contributed by atoms with E-state index in [9.17, 15) is 4.79 Å². The van der Waals surface area contributed by atoms with Crippen molar-refractivity contribution in [2.24, 2.45) is 5.73 Å². The molecule has 0 fully saturated rings. The molecular weight excluding hydrogens is 300 g/mol. The molecule has 0 unspecified atom stereocenters. The van der Waals surface area contributed by atoms with Crippen molar-refractivity contribution < 1.29 is 14.3 Å². The van der Waals surface area contributed by atoms with Crippen LogP contribution in [-0.4, -0.2) is 31.7 Å². The van der Waals surface area contributed by atoms with Gasteiger partial charge in [-0.3, -0.25) is 4.79 Å². The normalized spacial score (nSPS) is 15.1. The minimum Gasteiger partial charge on any atom is -0.486 e.